The van der Waals surface area contributed by atoms with Crippen molar-refractivity contribution in [1.29, 1.82) is 0 Å². The molecule has 18 heavy (non-hydrogen) atoms. The smallest absolute Gasteiger partial charge is 0.261 e. The Bertz CT molecular complexity index is 606. The second-order valence-electron chi connectivity index (χ2n) is 4.60. The second kappa shape index (κ2) is 4.55. The maximum Gasteiger partial charge on any atom is 0.261 e. The predicted molar refractivity (Wildman–Crippen MR) is 69.4 cm³/mol. The maximum absolute atomic E-state index is 11.9. The van der Waals surface area contributed by atoms with Gasteiger partial charge in [0.25, 0.3) is 15.0 Å². The standard InChI is InChI=1S/C12H14ClNO3S/c1-7-5-9(12(15)14-10-3-4-10)6-11(8(7)2)18(13,16)17/h5-6,10H,3-4H2,1-2H3,(H,14,15). The minimum atomic E-state index is -3.83. The number of nitrogens with one attached hydrogen (secondary N) is 1. The summed E-state index contributed by atoms with van der Waals surface area (Å²) in [6, 6.07) is 3.25. The van der Waals surface area contributed by atoms with E-state index < -0.39 is 9.05 Å². The molecule has 0 atom stereocenters. The number of carbonyl (C=O) groups is 1. The van der Waals surface area contributed by atoms with Crippen molar-refractivity contribution in [3.05, 3.63) is 28.8 Å². The summed E-state index contributed by atoms with van der Waals surface area (Å²) in [6.07, 6.45) is 1.97. The largest absolute Gasteiger partial charge is 0.349 e. The topological polar surface area (TPSA) is 63.2 Å². The van der Waals surface area contributed by atoms with Crippen LogP contribution in [0.3, 0.4) is 0 Å². The van der Waals surface area contributed by atoms with Crippen molar-refractivity contribution in [2.75, 3.05) is 0 Å². The molecule has 2 rings (SSSR count). The fourth-order valence-electron chi connectivity index (χ4n) is 1.71. The van der Waals surface area contributed by atoms with E-state index in [1.54, 1.807) is 19.9 Å². The van der Waals surface area contributed by atoms with Gasteiger partial charge in [0, 0.05) is 22.3 Å². The molecule has 0 aliphatic heterocycles. The zero-order valence-electron chi connectivity index (χ0n) is 10.2. The van der Waals surface area contributed by atoms with Crippen LogP contribution >= 0.6 is 10.7 Å². The molecule has 1 aromatic rings. The average Bonchev–Trinajstić information content (AvgIpc) is 3.03. The van der Waals surface area contributed by atoms with E-state index >= 15 is 0 Å². The van der Waals surface area contributed by atoms with Gasteiger partial charge in [-0.1, -0.05) is 0 Å². The van der Waals surface area contributed by atoms with Crippen LogP contribution in [0.15, 0.2) is 17.0 Å². The van der Waals surface area contributed by atoms with Gasteiger partial charge in [0.15, 0.2) is 0 Å². The minimum absolute atomic E-state index is 0.00473. The van der Waals surface area contributed by atoms with E-state index in [4.69, 9.17) is 10.7 Å². The van der Waals surface area contributed by atoms with Gasteiger partial charge in [-0.25, -0.2) is 8.42 Å². The van der Waals surface area contributed by atoms with Crippen molar-refractivity contribution in [2.45, 2.75) is 37.6 Å². The monoisotopic (exact) mass is 287 g/mol. The van der Waals surface area contributed by atoms with E-state index in [1.807, 2.05) is 0 Å². The van der Waals surface area contributed by atoms with Gasteiger partial charge in [-0.05, 0) is 49.9 Å². The summed E-state index contributed by atoms with van der Waals surface area (Å²) in [5.74, 6) is -0.248. The lowest BCUT2D eigenvalue weighted by Crippen LogP contribution is -2.25. The van der Waals surface area contributed by atoms with Gasteiger partial charge in [0.2, 0.25) is 0 Å². The quantitative estimate of drug-likeness (QED) is 0.866. The molecular formula is C12H14ClNO3S. The molecule has 98 valence electrons. The highest BCUT2D eigenvalue weighted by atomic mass is 35.7. The molecular weight excluding hydrogens is 274 g/mol. The Morgan fingerprint density at radius 1 is 1.33 bits per heavy atom. The van der Waals surface area contributed by atoms with Crippen LogP contribution in [0.4, 0.5) is 0 Å². The number of aryl methyl sites for hydroxylation is 1. The van der Waals surface area contributed by atoms with E-state index in [1.165, 1.54) is 6.07 Å². The summed E-state index contributed by atoms with van der Waals surface area (Å²) in [6.45, 7) is 3.43. The highest BCUT2D eigenvalue weighted by Gasteiger charge is 2.25. The van der Waals surface area contributed by atoms with Crippen LogP contribution in [-0.2, 0) is 9.05 Å². The van der Waals surface area contributed by atoms with Gasteiger partial charge in [0.1, 0.15) is 0 Å². The fourth-order valence-corrected chi connectivity index (χ4v) is 2.98. The molecule has 1 amide bonds. The predicted octanol–water partition coefficient (Wildman–Crippen LogP) is 2.12. The number of benzene rings is 1. The molecule has 1 aliphatic rings. The lowest BCUT2D eigenvalue weighted by atomic mass is 10.1. The minimum Gasteiger partial charge on any atom is -0.349 e. The van der Waals surface area contributed by atoms with Gasteiger partial charge in [-0.15, -0.1) is 0 Å². The highest BCUT2D eigenvalue weighted by molar-refractivity contribution is 8.13. The van der Waals surface area contributed by atoms with Crippen LogP contribution in [0, 0.1) is 13.8 Å². The molecule has 0 radical (unpaired) electrons. The molecule has 6 heteroatoms. The Balaban J connectivity index is 2.43. The number of hydrogen-bond acceptors (Lipinski definition) is 3. The van der Waals surface area contributed by atoms with Gasteiger partial charge in [-0.3, -0.25) is 4.79 Å². The third kappa shape index (κ3) is 2.84. The van der Waals surface area contributed by atoms with Gasteiger partial charge >= 0.3 is 0 Å². The number of rotatable bonds is 3. The molecule has 0 bridgehead atoms. The first-order valence-electron chi connectivity index (χ1n) is 5.66. The normalized spacial score (nSPS) is 15.5. The Morgan fingerprint density at radius 2 is 1.94 bits per heavy atom. The van der Waals surface area contributed by atoms with Crippen molar-refractivity contribution < 1.29 is 13.2 Å². The first-order chi connectivity index (χ1) is 8.29. The van der Waals surface area contributed by atoms with E-state index in [0.29, 0.717) is 11.1 Å². The molecule has 1 fully saturated rings. The Hall–Kier alpha value is -1.07. The van der Waals surface area contributed by atoms with Crippen molar-refractivity contribution in [2.24, 2.45) is 0 Å². The lowest BCUT2D eigenvalue weighted by Gasteiger charge is -2.10. The summed E-state index contributed by atoms with van der Waals surface area (Å²) in [7, 11) is 1.54. The van der Waals surface area contributed by atoms with Gasteiger partial charge < -0.3 is 5.32 Å². The first-order valence-corrected chi connectivity index (χ1v) is 7.97. The van der Waals surface area contributed by atoms with Crippen LogP contribution in [0.25, 0.3) is 0 Å². The number of hydrogen-bond donors (Lipinski definition) is 1. The van der Waals surface area contributed by atoms with Crippen molar-refractivity contribution in [3.8, 4) is 0 Å². The number of carbonyl (C=O) groups excluding carboxylic acids is 1. The zero-order valence-corrected chi connectivity index (χ0v) is 11.7. The molecule has 1 aliphatic carbocycles. The molecule has 4 nitrogen and oxygen atoms in total. The average molecular weight is 288 g/mol. The van der Waals surface area contributed by atoms with Gasteiger partial charge in [0.05, 0.1) is 4.90 Å². The van der Waals surface area contributed by atoms with Crippen LogP contribution in [0.1, 0.15) is 34.3 Å². The fraction of sp³-hybridized carbons (Fsp3) is 0.417. The van der Waals surface area contributed by atoms with Crippen molar-refractivity contribution >= 4 is 25.6 Å². The van der Waals surface area contributed by atoms with Crippen LogP contribution < -0.4 is 5.32 Å². The molecule has 1 aromatic carbocycles. The van der Waals surface area contributed by atoms with E-state index in [0.717, 1.165) is 18.4 Å². The SMILES string of the molecule is Cc1cc(C(=O)NC2CC2)cc(S(=O)(=O)Cl)c1C. The molecule has 0 aromatic heterocycles. The van der Waals surface area contributed by atoms with E-state index in [-0.39, 0.29) is 16.8 Å². The summed E-state index contributed by atoms with van der Waals surface area (Å²) < 4.78 is 22.9. The third-order valence-electron chi connectivity index (χ3n) is 3.06. The molecule has 0 heterocycles. The number of amides is 1. The van der Waals surface area contributed by atoms with Crippen LogP contribution in [0.5, 0.6) is 0 Å². The Morgan fingerprint density at radius 3 is 2.44 bits per heavy atom. The van der Waals surface area contributed by atoms with Crippen LogP contribution in [-0.4, -0.2) is 20.4 Å². The molecule has 1 saturated carbocycles. The zero-order chi connectivity index (χ0) is 13.5. The highest BCUT2D eigenvalue weighted by Crippen LogP contribution is 2.25. The summed E-state index contributed by atoms with van der Waals surface area (Å²) in [4.78, 5) is 11.9. The van der Waals surface area contributed by atoms with Gasteiger partial charge in [-0.2, -0.15) is 0 Å². The van der Waals surface area contributed by atoms with Crippen molar-refractivity contribution in [1.82, 2.24) is 5.32 Å². The summed E-state index contributed by atoms with van der Waals surface area (Å²) in [5.41, 5.74) is 1.65. The number of halogens is 1. The van der Waals surface area contributed by atoms with E-state index in [9.17, 15) is 13.2 Å². The first kappa shape index (κ1) is 13.4. The van der Waals surface area contributed by atoms with Crippen molar-refractivity contribution in [3.63, 3.8) is 0 Å². The third-order valence-corrected chi connectivity index (χ3v) is 4.51. The van der Waals surface area contributed by atoms with Crippen LogP contribution in [0.2, 0.25) is 0 Å². The lowest BCUT2D eigenvalue weighted by molar-refractivity contribution is 0.0951. The maximum atomic E-state index is 11.9. The molecule has 0 unspecified atom stereocenters. The van der Waals surface area contributed by atoms with E-state index in [2.05, 4.69) is 5.32 Å². The Labute approximate surface area is 111 Å². The summed E-state index contributed by atoms with van der Waals surface area (Å²) in [5, 5.41) is 2.82. The summed E-state index contributed by atoms with van der Waals surface area (Å²) >= 11 is 0. The Kier molecular flexibility index (Phi) is 3.38. The second-order valence-corrected chi connectivity index (χ2v) is 7.14. The molecule has 1 N–H and O–H groups in total. The molecule has 0 spiro atoms. The molecule has 0 saturated heterocycles.